The van der Waals surface area contributed by atoms with Gasteiger partial charge in [0.2, 0.25) is 0 Å². The standard InChI is InChI=1S/C11H10F3NO8S2/c1-24(19,20)7-2-3-9(8(4-7)15(17)18)25(21,22)5-10(16)23-6-11(12,13)14/h2-4H,5-6H2,1H3. The van der Waals surface area contributed by atoms with Crippen LogP contribution in [0.3, 0.4) is 0 Å². The monoisotopic (exact) mass is 405 g/mol. The predicted octanol–water partition coefficient (Wildman–Crippen LogP) is 0.878. The van der Waals surface area contributed by atoms with Gasteiger partial charge in [0.05, 0.1) is 9.82 Å². The molecule has 0 radical (unpaired) electrons. The summed E-state index contributed by atoms with van der Waals surface area (Å²) in [7, 11) is -8.63. The number of nitrogens with zero attached hydrogens (tertiary/aromatic N) is 1. The smallest absolute Gasteiger partial charge is 0.422 e. The van der Waals surface area contributed by atoms with Crippen LogP contribution in [-0.2, 0) is 29.2 Å². The second kappa shape index (κ2) is 6.95. The lowest BCUT2D eigenvalue weighted by molar-refractivity contribution is -0.388. The van der Waals surface area contributed by atoms with Crippen molar-refractivity contribution < 1.29 is 44.5 Å². The Kier molecular flexibility index (Phi) is 5.79. The lowest BCUT2D eigenvalue weighted by Crippen LogP contribution is -2.25. The SMILES string of the molecule is CS(=O)(=O)c1ccc(S(=O)(=O)CC(=O)OCC(F)(F)F)c([N+](=O)[O-])c1. The highest BCUT2D eigenvalue weighted by molar-refractivity contribution is 7.92. The van der Waals surface area contributed by atoms with Gasteiger partial charge < -0.3 is 4.74 Å². The molecule has 0 fully saturated rings. The second-order valence-corrected chi connectivity index (χ2v) is 8.67. The van der Waals surface area contributed by atoms with Crippen LogP contribution in [0.2, 0.25) is 0 Å². The van der Waals surface area contributed by atoms with Gasteiger partial charge in [-0.05, 0) is 12.1 Å². The number of rotatable bonds is 6. The summed E-state index contributed by atoms with van der Waals surface area (Å²) in [5.74, 6) is -3.35. The van der Waals surface area contributed by atoms with Crippen LogP contribution in [0.15, 0.2) is 28.0 Å². The van der Waals surface area contributed by atoms with Gasteiger partial charge in [-0.3, -0.25) is 14.9 Å². The third-order valence-electron chi connectivity index (χ3n) is 2.60. The molecule has 1 rings (SSSR count). The molecule has 0 bridgehead atoms. The Morgan fingerprint density at radius 2 is 1.80 bits per heavy atom. The topological polar surface area (TPSA) is 138 Å². The first-order valence-electron chi connectivity index (χ1n) is 6.07. The van der Waals surface area contributed by atoms with Crippen molar-refractivity contribution in [3.8, 4) is 0 Å². The molecular weight excluding hydrogens is 395 g/mol. The Balaban J connectivity index is 3.21. The molecule has 0 aromatic heterocycles. The number of carbonyl (C=O) groups is 1. The van der Waals surface area contributed by atoms with Crippen LogP contribution in [0.4, 0.5) is 18.9 Å². The molecule has 1 aromatic carbocycles. The molecule has 0 atom stereocenters. The number of sulfone groups is 2. The van der Waals surface area contributed by atoms with E-state index in [1.54, 1.807) is 0 Å². The number of nitro groups is 1. The van der Waals surface area contributed by atoms with E-state index in [4.69, 9.17) is 0 Å². The average molecular weight is 405 g/mol. The minimum Gasteiger partial charge on any atom is -0.455 e. The summed E-state index contributed by atoms with van der Waals surface area (Å²) in [4.78, 5) is 19.4. The fourth-order valence-corrected chi connectivity index (χ4v) is 3.49. The number of hydrogen-bond donors (Lipinski definition) is 0. The summed E-state index contributed by atoms with van der Waals surface area (Å²) < 4.78 is 86.3. The molecule has 0 saturated carbocycles. The van der Waals surface area contributed by atoms with Crippen molar-refractivity contribution in [2.75, 3.05) is 18.6 Å². The van der Waals surface area contributed by atoms with Gasteiger partial charge in [0.15, 0.2) is 32.0 Å². The van der Waals surface area contributed by atoms with Gasteiger partial charge >= 0.3 is 12.1 Å². The second-order valence-electron chi connectivity index (χ2n) is 4.69. The maximum absolute atomic E-state index is 12.0. The minimum absolute atomic E-state index is 0.475. The summed E-state index contributed by atoms with van der Waals surface area (Å²) in [5, 5.41) is 11.0. The zero-order chi connectivity index (χ0) is 19.6. The Morgan fingerprint density at radius 3 is 2.24 bits per heavy atom. The number of ether oxygens (including phenoxy) is 1. The number of benzene rings is 1. The molecule has 0 heterocycles. The normalized spacial score (nSPS) is 12.6. The van der Waals surface area contributed by atoms with Crippen molar-refractivity contribution in [1.29, 1.82) is 0 Å². The van der Waals surface area contributed by atoms with Crippen molar-refractivity contribution in [1.82, 2.24) is 0 Å². The van der Waals surface area contributed by atoms with Crippen LogP contribution in [0.5, 0.6) is 0 Å². The molecule has 0 aliphatic rings. The van der Waals surface area contributed by atoms with Gasteiger partial charge in [-0.25, -0.2) is 16.8 Å². The number of halogens is 3. The number of carbonyl (C=O) groups excluding carboxylic acids is 1. The van der Waals surface area contributed by atoms with Gasteiger partial charge in [0.25, 0.3) is 5.69 Å². The van der Waals surface area contributed by atoms with Gasteiger partial charge in [-0.2, -0.15) is 13.2 Å². The highest BCUT2D eigenvalue weighted by atomic mass is 32.2. The zero-order valence-electron chi connectivity index (χ0n) is 12.3. The highest BCUT2D eigenvalue weighted by Gasteiger charge is 2.33. The highest BCUT2D eigenvalue weighted by Crippen LogP contribution is 2.28. The van der Waals surface area contributed by atoms with Gasteiger partial charge in [-0.15, -0.1) is 0 Å². The minimum atomic E-state index is -4.87. The Morgan fingerprint density at radius 1 is 1.24 bits per heavy atom. The summed E-state index contributed by atoms with van der Waals surface area (Å²) >= 11 is 0. The Bertz CT molecular complexity index is 906. The molecule has 0 amide bonds. The zero-order valence-corrected chi connectivity index (χ0v) is 13.9. The van der Waals surface area contributed by atoms with Crippen LogP contribution < -0.4 is 0 Å². The third kappa shape index (κ3) is 5.97. The molecule has 0 unspecified atom stereocenters. The lowest BCUT2D eigenvalue weighted by Gasteiger charge is -2.09. The molecule has 0 aliphatic carbocycles. The van der Waals surface area contributed by atoms with E-state index in [0.29, 0.717) is 12.1 Å². The van der Waals surface area contributed by atoms with Gasteiger partial charge in [0, 0.05) is 12.3 Å². The van der Waals surface area contributed by atoms with E-state index in [0.717, 1.165) is 12.3 Å². The fraction of sp³-hybridized carbons (Fsp3) is 0.364. The van der Waals surface area contributed by atoms with E-state index in [2.05, 4.69) is 4.74 Å². The first-order chi connectivity index (χ1) is 11.1. The van der Waals surface area contributed by atoms with Crippen molar-refractivity contribution in [2.45, 2.75) is 16.0 Å². The van der Waals surface area contributed by atoms with Gasteiger partial charge in [-0.1, -0.05) is 0 Å². The largest absolute Gasteiger partial charge is 0.455 e. The molecule has 1 aromatic rings. The number of nitro benzene ring substituents is 1. The third-order valence-corrected chi connectivity index (χ3v) is 5.34. The number of esters is 1. The summed E-state index contributed by atoms with van der Waals surface area (Å²) in [6.45, 7) is -2.02. The average Bonchev–Trinajstić information content (AvgIpc) is 2.42. The lowest BCUT2D eigenvalue weighted by atomic mass is 10.3. The molecule has 25 heavy (non-hydrogen) atoms. The summed E-state index contributed by atoms with van der Waals surface area (Å²) in [6, 6.07) is 1.82. The molecule has 14 heteroatoms. The molecule has 0 aliphatic heterocycles. The molecule has 0 saturated heterocycles. The van der Waals surface area contributed by atoms with Crippen LogP contribution in [-0.4, -0.2) is 52.5 Å². The first kappa shape index (κ1) is 20.8. The molecule has 0 spiro atoms. The molecule has 9 nitrogen and oxygen atoms in total. The van der Waals surface area contributed by atoms with Crippen LogP contribution in [0, 0.1) is 10.1 Å². The molecular formula is C11H10F3NO8S2. The summed E-state index contributed by atoms with van der Waals surface area (Å²) in [5.41, 5.74) is -1.13. The maximum Gasteiger partial charge on any atom is 0.422 e. The van der Waals surface area contributed by atoms with E-state index in [9.17, 15) is 44.9 Å². The van der Waals surface area contributed by atoms with Crippen molar-refractivity contribution in [3.63, 3.8) is 0 Å². The number of alkyl halides is 3. The van der Waals surface area contributed by atoms with E-state index < -0.39 is 64.6 Å². The summed E-state index contributed by atoms with van der Waals surface area (Å²) in [6.07, 6.45) is -4.14. The Hall–Kier alpha value is -2.22. The van der Waals surface area contributed by atoms with E-state index >= 15 is 0 Å². The van der Waals surface area contributed by atoms with Crippen molar-refractivity contribution >= 4 is 31.3 Å². The van der Waals surface area contributed by atoms with Crippen LogP contribution >= 0.6 is 0 Å². The van der Waals surface area contributed by atoms with E-state index in [-0.39, 0.29) is 0 Å². The van der Waals surface area contributed by atoms with Crippen LogP contribution in [0.25, 0.3) is 0 Å². The van der Waals surface area contributed by atoms with E-state index in [1.165, 1.54) is 0 Å². The predicted molar refractivity (Wildman–Crippen MR) is 75.3 cm³/mol. The van der Waals surface area contributed by atoms with Crippen molar-refractivity contribution in [3.05, 3.63) is 28.3 Å². The van der Waals surface area contributed by atoms with Crippen molar-refractivity contribution in [2.24, 2.45) is 0 Å². The first-order valence-corrected chi connectivity index (χ1v) is 9.61. The molecule has 140 valence electrons. The quantitative estimate of drug-likeness (QED) is 0.386. The maximum atomic E-state index is 12.0. The Labute approximate surface area is 139 Å². The van der Waals surface area contributed by atoms with Crippen LogP contribution in [0.1, 0.15) is 0 Å². The molecule has 0 N–H and O–H groups in total. The van der Waals surface area contributed by atoms with E-state index in [1.807, 2.05) is 0 Å². The van der Waals surface area contributed by atoms with Gasteiger partial charge in [0.1, 0.15) is 4.90 Å². The number of hydrogen-bond acceptors (Lipinski definition) is 8. The fourth-order valence-electron chi connectivity index (χ4n) is 1.57.